The zero-order valence-corrected chi connectivity index (χ0v) is 25.7. The third-order valence-corrected chi connectivity index (χ3v) is 8.62. The molecule has 0 saturated carbocycles. The average Bonchev–Trinajstić information content (AvgIpc) is 3.28. The maximum atomic E-state index is 14.1. The SMILES string of the molecule is CCCCNC(=O)[C@H](Cc1ccccc1)N(Cc1c(Cl)cccc1Cl)C(=O)CCCN1C(=O)c2cccc3cccc1c23. The van der Waals surface area contributed by atoms with Crippen LogP contribution in [-0.2, 0) is 22.6 Å². The van der Waals surface area contributed by atoms with Crippen molar-refractivity contribution in [2.75, 3.05) is 18.0 Å². The minimum absolute atomic E-state index is 0.0591. The Labute approximate surface area is 262 Å². The zero-order chi connectivity index (χ0) is 30.3. The Hall–Kier alpha value is -3.87. The molecule has 5 rings (SSSR count). The summed E-state index contributed by atoms with van der Waals surface area (Å²) in [5.74, 6) is -0.480. The minimum atomic E-state index is -0.773. The van der Waals surface area contributed by atoms with Crippen LogP contribution >= 0.6 is 23.2 Å². The zero-order valence-electron chi connectivity index (χ0n) is 24.2. The van der Waals surface area contributed by atoms with E-state index in [4.69, 9.17) is 23.2 Å². The van der Waals surface area contributed by atoms with Crippen molar-refractivity contribution in [3.63, 3.8) is 0 Å². The Morgan fingerprint density at radius 2 is 1.58 bits per heavy atom. The van der Waals surface area contributed by atoms with E-state index in [1.807, 2.05) is 66.7 Å². The van der Waals surface area contributed by atoms with Crippen molar-refractivity contribution in [3.05, 3.63) is 112 Å². The molecule has 1 aliphatic heterocycles. The number of anilines is 1. The predicted molar refractivity (Wildman–Crippen MR) is 174 cm³/mol. The maximum absolute atomic E-state index is 14.1. The van der Waals surface area contributed by atoms with E-state index in [2.05, 4.69) is 12.2 Å². The molecule has 1 N–H and O–H groups in total. The standard InChI is InChI=1S/C35H35Cl2N3O3/c1-2-3-20-38-34(42)31(22-24-11-5-4-6-12-24)40(23-27-28(36)16-9-17-29(27)37)32(41)19-10-21-39-30-18-8-14-25-13-7-15-26(33(25)30)35(39)43/h4-9,11-18,31H,2-3,10,19-23H2,1H3,(H,38,42)/t31-/m0/s1. The number of benzene rings is 4. The Bertz CT molecular complexity index is 1600. The van der Waals surface area contributed by atoms with Gasteiger partial charge in [0, 0.05) is 59.0 Å². The van der Waals surface area contributed by atoms with Gasteiger partial charge in [0.05, 0.1) is 5.69 Å². The van der Waals surface area contributed by atoms with Crippen LogP contribution in [0.1, 0.15) is 54.1 Å². The van der Waals surface area contributed by atoms with Gasteiger partial charge in [-0.3, -0.25) is 14.4 Å². The Kier molecular flexibility index (Phi) is 10.0. The fourth-order valence-electron chi connectivity index (χ4n) is 5.65. The summed E-state index contributed by atoms with van der Waals surface area (Å²) in [6.45, 7) is 3.06. The topological polar surface area (TPSA) is 69.7 Å². The molecule has 3 amide bonds. The van der Waals surface area contributed by atoms with Crippen molar-refractivity contribution in [2.45, 2.75) is 51.6 Å². The molecule has 6 nitrogen and oxygen atoms in total. The van der Waals surface area contributed by atoms with E-state index in [9.17, 15) is 14.4 Å². The van der Waals surface area contributed by atoms with Crippen LogP contribution in [0.25, 0.3) is 10.8 Å². The van der Waals surface area contributed by atoms with Gasteiger partial charge in [0.15, 0.2) is 0 Å². The highest BCUT2D eigenvalue weighted by Gasteiger charge is 2.32. The van der Waals surface area contributed by atoms with Gasteiger partial charge in [0.2, 0.25) is 11.8 Å². The maximum Gasteiger partial charge on any atom is 0.258 e. The summed E-state index contributed by atoms with van der Waals surface area (Å²) >= 11 is 13.1. The molecule has 8 heteroatoms. The molecule has 0 aromatic heterocycles. The first-order valence-electron chi connectivity index (χ1n) is 14.8. The van der Waals surface area contributed by atoms with E-state index in [1.54, 1.807) is 28.0 Å². The Morgan fingerprint density at radius 3 is 2.30 bits per heavy atom. The predicted octanol–water partition coefficient (Wildman–Crippen LogP) is 7.44. The fraction of sp³-hybridized carbons (Fsp3) is 0.286. The number of hydrogen-bond acceptors (Lipinski definition) is 3. The quantitative estimate of drug-likeness (QED) is 0.159. The van der Waals surface area contributed by atoms with Crippen molar-refractivity contribution in [1.82, 2.24) is 10.2 Å². The molecule has 4 aromatic carbocycles. The van der Waals surface area contributed by atoms with E-state index < -0.39 is 6.04 Å². The number of carbonyl (C=O) groups excluding carboxylic acids is 3. The highest BCUT2D eigenvalue weighted by atomic mass is 35.5. The number of unbranched alkanes of at least 4 members (excludes halogenated alkanes) is 1. The molecule has 0 fully saturated rings. The number of nitrogens with zero attached hydrogens (tertiary/aromatic N) is 2. The number of halogens is 2. The van der Waals surface area contributed by atoms with Crippen LogP contribution in [0.5, 0.6) is 0 Å². The van der Waals surface area contributed by atoms with Crippen molar-refractivity contribution >= 4 is 57.4 Å². The van der Waals surface area contributed by atoms with E-state index in [-0.39, 0.29) is 30.7 Å². The van der Waals surface area contributed by atoms with Crippen LogP contribution in [0, 0.1) is 0 Å². The van der Waals surface area contributed by atoms with E-state index in [0.29, 0.717) is 47.1 Å². The first-order valence-corrected chi connectivity index (χ1v) is 15.5. The third kappa shape index (κ3) is 6.87. The molecule has 43 heavy (non-hydrogen) atoms. The normalized spacial score (nSPS) is 12.9. The summed E-state index contributed by atoms with van der Waals surface area (Å²) in [5, 5.41) is 5.86. The molecule has 0 aliphatic carbocycles. The summed E-state index contributed by atoms with van der Waals surface area (Å²) < 4.78 is 0. The molecule has 1 aliphatic rings. The van der Waals surface area contributed by atoms with Crippen molar-refractivity contribution in [2.24, 2.45) is 0 Å². The first-order chi connectivity index (χ1) is 20.9. The van der Waals surface area contributed by atoms with Crippen LogP contribution in [0.4, 0.5) is 5.69 Å². The smallest absolute Gasteiger partial charge is 0.258 e. The van der Waals surface area contributed by atoms with Crippen LogP contribution < -0.4 is 10.2 Å². The van der Waals surface area contributed by atoms with Crippen LogP contribution in [-0.4, -0.2) is 41.8 Å². The molecule has 222 valence electrons. The molecule has 4 aromatic rings. The molecule has 1 heterocycles. The molecular weight excluding hydrogens is 581 g/mol. The molecule has 0 spiro atoms. The summed E-state index contributed by atoms with van der Waals surface area (Å²) in [6, 6.07) is 25.7. The number of nitrogens with one attached hydrogen (secondary N) is 1. The lowest BCUT2D eigenvalue weighted by Crippen LogP contribution is -2.50. The Morgan fingerprint density at radius 1 is 0.884 bits per heavy atom. The van der Waals surface area contributed by atoms with Crippen molar-refractivity contribution in [3.8, 4) is 0 Å². The lowest BCUT2D eigenvalue weighted by molar-refractivity contribution is -0.141. The molecule has 0 saturated heterocycles. The lowest BCUT2D eigenvalue weighted by Gasteiger charge is -2.32. The van der Waals surface area contributed by atoms with Gasteiger partial charge in [0.25, 0.3) is 5.91 Å². The van der Waals surface area contributed by atoms with Gasteiger partial charge in [-0.2, -0.15) is 0 Å². The highest BCUT2D eigenvalue weighted by molar-refractivity contribution is 6.36. The van der Waals surface area contributed by atoms with Gasteiger partial charge in [0.1, 0.15) is 6.04 Å². The summed E-state index contributed by atoms with van der Waals surface area (Å²) in [6.07, 6.45) is 2.69. The number of amides is 3. The van der Waals surface area contributed by atoms with Gasteiger partial charge in [-0.05, 0) is 48.1 Å². The second-order valence-electron chi connectivity index (χ2n) is 10.8. The summed E-state index contributed by atoms with van der Waals surface area (Å²) in [5.41, 5.74) is 3.08. The fourth-order valence-corrected chi connectivity index (χ4v) is 6.16. The van der Waals surface area contributed by atoms with Crippen molar-refractivity contribution in [1.29, 1.82) is 0 Å². The van der Waals surface area contributed by atoms with E-state index in [0.717, 1.165) is 34.9 Å². The number of hydrogen-bond donors (Lipinski definition) is 1. The van der Waals surface area contributed by atoms with Gasteiger partial charge in [-0.25, -0.2) is 0 Å². The molecule has 0 radical (unpaired) electrons. The van der Waals surface area contributed by atoms with Gasteiger partial charge < -0.3 is 15.1 Å². The van der Waals surface area contributed by atoms with Gasteiger partial charge in [-0.1, -0.05) is 97.2 Å². The monoisotopic (exact) mass is 615 g/mol. The Balaban J connectivity index is 1.39. The number of carbonyl (C=O) groups is 3. The van der Waals surface area contributed by atoms with Crippen LogP contribution in [0.2, 0.25) is 10.0 Å². The lowest BCUT2D eigenvalue weighted by atomic mass is 10.0. The highest BCUT2D eigenvalue weighted by Crippen LogP contribution is 2.37. The third-order valence-electron chi connectivity index (χ3n) is 7.91. The molecule has 0 unspecified atom stereocenters. The first kappa shape index (κ1) is 30.6. The van der Waals surface area contributed by atoms with Crippen LogP contribution in [0.3, 0.4) is 0 Å². The molecule has 1 atom stereocenters. The second-order valence-corrected chi connectivity index (χ2v) is 11.6. The van der Waals surface area contributed by atoms with Gasteiger partial charge in [-0.15, -0.1) is 0 Å². The van der Waals surface area contributed by atoms with Gasteiger partial charge >= 0.3 is 0 Å². The molecule has 0 bridgehead atoms. The van der Waals surface area contributed by atoms with Crippen molar-refractivity contribution < 1.29 is 14.4 Å². The van der Waals surface area contributed by atoms with E-state index in [1.165, 1.54) is 0 Å². The largest absolute Gasteiger partial charge is 0.354 e. The van der Waals surface area contributed by atoms with Crippen LogP contribution in [0.15, 0.2) is 84.9 Å². The second kappa shape index (κ2) is 14.1. The molecular formula is C35H35Cl2N3O3. The number of rotatable bonds is 13. The van der Waals surface area contributed by atoms with E-state index >= 15 is 0 Å². The summed E-state index contributed by atoms with van der Waals surface area (Å²) in [4.78, 5) is 44.3. The minimum Gasteiger partial charge on any atom is -0.354 e. The summed E-state index contributed by atoms with van der Waals surface area (Å²) in [7, 11) is 0. The average molecular weight is 617 g/mol.